The Morgan fingerprint density at radius 1 is 1.17 bits per heavy atom. The maximum Gasteiger partial charge on any atom is 0.130 e. The number of benzene rings is 1. The fourth-order valence-corrected chi connectivity index (χ4v) is 4.96. The number of allylic oxidation sites excluding steroid dienone is 3. The van der Waals surface area contributed by atoms with Gasteiger partial charge in [-0.05, 0) is 74.1 Å². The predicted octanol–water partition coefficient (Wildman–Crippen LogP) is 6.28. The number of hydrogen-bond acceptors (Lipinski definition) is 3. The van der Waals surface area contributed by atoms with Gasteiger partial charge in [0, 0.05) is 35.9 Å². The predicted molar refractivity (Wildman–Crippen MR) is 125 cm³/mol. The van der Waals surface area contributed by atoms with Crippen molar-refractivity contribution in [3.8, 4) is 11.3 Å². The normalized spacial score (nSPS) is 21.2. The minimum Gasteiger partial charge on any atom is -0.363 e. The van der Waals surface area contributed by atoms with Crippen LogP contribution in [0.25, 0.3) is 22.2 Å². The second-order valence-corrected chi connectivity index (χ2v) is 8.74. The molecule has 3 aromatic rings. The Balaban J connectivity index is 1.48. The first-order valence-corrected chi connectivity index (χ1v) is 11.2. The van der Waals surface area contributed by atoms with E-state index in [0.717, 1.165) is 35.9 Å². The molecule has 5 rings (SSSR count). The lowest BCUT2D eigenvalue weighted by Crippen LogP contribution is -2.28. The zero-order chi connectivity index (χ0) is 20.7. The summed E-state index contributed by atoms with van der Waals surface area (Å²) < 4.78 is 2.28. The van der Waals surface area contributed by atoms with E-state index in [9.17, 15) is 0 Å². The van der Waals surface area contributed by atoms with E-state index in [1.807, 2.05) is 6.92 Å². The standard InChI is InChI=1S/C26H30N4/c1-4-30-13-12-20-10-11-21(15-25(20)30)24-16-26(28-18(3)27-24)29-23-7-5-6-19-9-8-17(2)14-22(19)23/h8-13,15-17,23H,4-7,14H2,1-3H3,(H,27,28,29). The summed E-state index contributed by atoms with van der Waals surface area (Å²) in [6.45, 7) is 7.44. The van der Waals surface area contributed by atoms with Crippen LogP contribution >= 0.6 is 0 Å². The summed E-state index contributed by atoms with van der Waals surface area (Å²) in [5.74, 6) is 2.36. The summed E-state index contributed by atoms with van der Waals surface area (Å²) in [4.78, 5) is 9.48. The Kier molecular flexibility index (Phi) is 4.93. The minimum atomic E-state index is 0.378. The van der Waals surface area contributed by atoms with Crippen molar-refractivity contribution in [2.75, 3.05) is 5.32 Å². The molecule has 0 fully saturated rings. The smallest absolute Gasteiger partial charge is 0.130 e. The van der Waals surface area contributed by atoms with Gasteiger partial charge < -0.3 is 9.88 Å². The molecule has 0 saturated heterocycles. The number of aryl methyl sites for hydroxylation is 2. The van der Waals surface area contributed by atoms with Gasteiger partial charge in [0.05, 0.1) is 5.69 Å². The van der Waals surface area contributed by atoms with Crippen LogP contribution < -0.4 is 5.32 Å². The molecule has 4 nitrogen and oxygen atoms in total. The molecule has 0 bridgehead atoms. The second kappa shape index (κ2) is 7.75. The molecule has 2 aromatic heterocycles. The van der Waals surface area contributed by atoms with E-state index >= 15 is 0 Å². The van der Waals surface area contributed by atoms with E-state index in [-0.39, 0.29) is 0 Å². The lowest BCUT2D eigenvalue weighted by Gasteiger charge is -2.32. The van der Waals surface area contributed by atoms with Gasteiger partial charge in [-0.15, -0.1) is 0 Å². The largest absolute Gasteiger partial charge is 0.363 e. The van der Waals surface area contributed by atoms with E-state index in [0.29, 0.717) is 12.0 Å². The fraction of sp³-hybridized carbons (Fsp3) is 0.385. The molecule has 0 saturated carbocycles. The summed E-state index contributed by atoms with van der Waals surface area (Å²) >= 11 is 0. The lowest BCUT2D eigenvalue weighted by atomic mass is 9.79. The average molecular weight is 399 g/mol. The summed E-state index contributed by atoms with van der Waals surface area (Å²) in [7, 11) is 0. The molecule has 2 aliphatic carbocycles. The van der Waals surface area contributed by atoms with Gasteiger partial charge in [0.25, 0.3) is 0 Å². The molecule has 2 heterocycles. The number of hydrogen-bond donors (Lipinski definition) is 1. The highest BCUT2D eigenvalue weighted by Crippen LogP contribution is 2.36. The monoisotopic (exact) mass is 398 g/mol. The number of nitrogens with one attached hydrogen (secondary N) is 1. The minimum absolute atomic E-state index is 0.378. The van der Waals surface area contributed by atoms with Gasteiger partial charge in [0.2, 0.25) is 0 Å². The van der Waals surface area contributed by atoms with Gasteiger partial charge in [0.1, 0.15) is 11.6 Å². The molecule has 1 aromatic carbocycles. The first-order valence-electron chi connectivity index (χ1n) is 11.2. The van der Waals surface area contributed by atoms with Crippen LogP contribution in [0.5, 0.6) is 0 Å². The Hall–Kier alpha value is -2.88. The molecular weight excluding hydrogens is 368 g/mol. The molecule has 2 unspecified atom stereocenters. The van der Waals surface area contributed by atoms with Crippen LogP contribution in [0, 0.1) is 12.8 Å². The van der Waals surface area contributed by atoms with Crippen molar-refractivity contribution in [3.05, 3.63) is 65.7 Å². The van der Waals surface area contributed by atoms with E-state index in [1.54, 1.807) is 5.57 Å². The first-order chi connectivity index (χ1) is 14.6. The Morgan fingerprint density at radius 2 is 2.07 bits per heavy atom. The van der Waals surface area contributed by atoms with Gasteiger partial charge in [0.15, 0.2) is 0 Å². The van der Waals surface area contributed by atoms with E-state index in [1.165, 1.54) is 35.7 Å². The summed E-state index contributed by atoms with van der Waals surface area (Å²) in [6, 6.07) is 11.3. The molecule has 0 amide bonds. The van der Waals surface area contributed by atoms with Crippen LogP contribution in [0.3, 0.4) is 0 Å². The molecular formula is C26H30N4. The molecule has 0 spiro atoms. The first kappa shape index (κ1) is 19.1. The van der Waals surface area contributed by atoms with Crippen LogP contribution in [-0.2, 0) is 6.54 Å². The Bertz CT molecular complexity index is 1150. The third kappa shape index (κ3) is 3.55. The Labute approximate surface area is 178 Å². The highest BCUT2D eigenvalue weighted by Gasteiger charge is 2.25. The van der Waals surface area contributed by atoms with Crippen molar-refractivity contribution in [1.82, 2.24) is 14.5 Å². The summed E-state index contributed by atoms with van der Waals surface area (Å²) in [6.07, 6.45) is 11.6. The summed E-state index contributed by atoms with van der Waals surface area (Å²) in [5, 5.41) is 5.03. The quantitative estimate of drug-likeness (QED) is 0.562. The van der Waals surface area contributed by atoms with Crippen LogP contribution in [0.15, 0.2) is 59.8 Å². The van der Waals surface area contributed by atoms with Gasteiger partial charge in [-0.25, -0.2) is 9.97 Å². The summed E-state index contributed by atoms with van der Waals surface area (Å²) in [5.41, 5.74) is 6.50. The molecule has 0 radical (unpaired) electrons. The molecule has 154 valence electrons. The molecule has 4 heteroatoms. The maximum absolute atomic E-state index is 4.75. The van der Waals surface area contributed by atoms with E-state index < -0.39 is 0 Å². The SMILES string of the molecule is CCn1ccc2ccc(-c3cc(NC4CCCC5=C4CC(C)C=C5)nc(C)n3)cc21. The average Bonchev–Trinajstić information content (AvgIpc) is 3.16. The molecule has 0 aliphatic heterocycles. The van der Waals surface area contributed by atoms with Crippen molar-refractivity contribution < 1.29 is 0 Å². The van der Waals surface area contributed by atoms with Crippen molar-refractivity contribution in [2.45, 2.75) is 59.0 Å². The molecule has 30 heavy (non-hydrogen) atoms. The van der Waals surface area contributed by atoms with Crippen LogP contribution in [0.2, 0.25) is 0 Å². The number of rotatable bonds is 4. The Morgan fingerprint density at radius 3 is 2.93 bits per heavy atom. The van der Waals surface area contributed by atoms with Crippen molar-refractivity contribution >= 4 is 16.7 Å². The van der Waals surface area contributed by atoms with Gasteiger partial charge in [-0.2, -0.15) is 0 Å². The maximum atomic E-state index is 4.75. The highest BCUT2D eigenvalue weighted by atomic mass is 15.1. The highest BCUT2D eigenvalue weighted by molar-refractivity contribution is 5.85. The van der Waals surface area contributed by atoms with Crippen LogP contribution in [0.4, 0.5) is 5.82 Å². The molecule has 2 atom stereocenters. The zero-order valence-corrected chi connectivity index (χ0v) is 18.2. The number of nitrogens with zero attached hydrogens (tertiary/aromatic N) is 3. The third-order valence-electron chi connectivity index (χ3n) is 6.51. The zero-order valence-electron chi connectivity index (χ0n) is 18.2. The number of anilines is 1. The van der Waals surface area contributed by atoms with Crippen molar-refractivity contribution in [3.63, 3.8) is 0 Å². The van der Waals surface area contributed by atoms with Crippen LogP contribution in [-0.4, -0.2) is 20.6 Å². The molecule has 2 aliphatic rings. The van der Waals surface area contributed by atoms with E-state index in [4.69, 9.17) is 9.97 Å². The second-order valence-electron chi connectivity index (χ2n) is 8.74. The number of aromatic nitrogens is 3. The molecule has 1 N–H and O–H groups in total. The third-order valence-corrected chi connectivity index (χ3v) is 6.51. The van der Waals surface area contributed by atoms with Crippen molar-refractivity contribution in [1.29, 1.82) is 0 Å². The van der Waals surface area contributed by atoms with Gasteiger partial charge in [-0.1, -0.05) is 31.2 Å². The van der Waals surface area contributed by atoms with E-state index in [2.05, 4.69) is 72.4 Å². The fourth-order valence-electron chi connectivity index (χ4n) is 4.96. The van der Waals surface area contributed by atoms with Crippen molar-refractivity contribution in [2.24, 2.45) is 5.92 Å². The van der Waals surface area contributed by atoms with Crippen LogP contribution in [0.1, 0.15) is 45.4 Å². The topological polar surface area (TPSA) is 42.7 Å². The van der Waals surface area contributed by atoms with Gasteiger partial charge >= 0.3 is 0 Å². The lowest BCUT2D eigenvalue weighted by molar-refractivity contribution is 0.562. The number of fused-ring (bicyclic) bond motifs is 1. The van der Waals surface area contributed by atoms with Gasteiger partial charge in [-0.3, -0.25) is 0 Å².